The van der Waals surface area contributed by atoms with Gasteiger partial charge in [-0.1, -0.05) is 49.0 Å². The summed E-state index contributed by atoms with van der Waals surface area (Å²) in [5.41, 5.74) is 0.990. The first-order valence-electron chi connectivity index (χ1n) is 8.19. The molecule has 1 saturated carbocycles. The highest BCUT2D eigenvalue weighted by Crippen LogP contribution is 2.35. The van der Waals surface area contributed by atoms with Gasteiger partial charge >= 0.3 is 0 Å². The summed E-state index contributed by atoms with van der Waals surface area (Å²) in [4.78, 5) is 13.5. The van der Waals surface area contributed by atoms with E-state index in [9.17, 15) is 10.1 Å². The Morgan fingerprint density at radius 2 is 2.00 bits per heavy atom. The fourth-order valence-corrected chi connectivity index (χ4v) is 3.52. The lowest BCUT2D eigenvalue weighted by molar-refractivity contribution is -0.384. The Balaban J connectivity index is 2.32. The third kappa shape index (κ3) is 4.45. The van der Waals surface area contributed by atoms with Gasteiger partial charge in [0.2, 0.25) is 0 Å². The molecule has 0 radical (unpaired) electrons. The third-order valence-corrected chi connectivity index (χ3v) is 4.90. The lowest BCUT2D eigenvalue weighted by Gasteiger charge is -2.36. The highest BCUT2D eigenvalue weighted by molar-refractivity contribution is 9.10. The van der Waals surface area contributed by atoms with E-state index in [0.29, 0.717) is 12.0 Å². The highest BCUT2D eigenvalue weighted by atomic mass is 79.9. The van der Waals surface area contributed by atoms with E-state index in [1.165, 1.54) is 19.3 Å². The topological polar surface area (TPSA) is 46.4 Å². The van der Waals surface area contributed by atoms with Gasteiger partial charge in [0.1, 0.15) is 5.69 Å². The van der Waals surface area contributed by atoms with Gasteiger partial charge in [-0.3, -0.25) is 10.1 Å². The quantitative estimate of drug-likeness (QED) is 0.488. The molecule has 0 bridgehead atoms. The number of benzene rings is 1. The Hall–Kier alpha value is -1.10. The van der Waals surface area contributed by atoms with Crippen LogP contribution in [0.3, 0.4) is 0 Å². The standard InChI is InChI=1S/C17H25BrN2O2/c1-13(2)10-11-19(15-6-4-3-5-7-15)16-9-8-14(18)12-17(16)20(21)22/h8-9,12-13,15H,3-7,10-11H2,1-2H3. The summed E-state index contributed by atoms with van der Waals surface area (Å²) in [7, 11) is 0. The molecular weight excluding hydrogens is 344 g/mol. The van der Waals surface area contributed by atoms with E-state index in [1.807, 2.05) is 12.1 Å². The summed E-state index contributed by atoms with van der Waals surface area (Å²) < 4.78 is 0.760. The van der Waals surface area contributed by atoms with E-state index in [0.717, 1.165) is 36.0 Å². The van der Waals surface area contributed by atoms with Gasteiger partial charge in [-0.2, -0.15) is 0 Å². The second-order valence-corrected chi connectivity index (χ2v) is 7.47. The molecule has 1 fully saturated rings. The largest absolute Gasteiger partial charge is 0.363 e. The molecule has 0 saturated heterocycles. The van der Waals surface area contributed by atoms with Gasteiger partial charge in [0.05, 0.1) is 4.92 Å². The monoisotopic (exact) mass is 368 g/mol. The van der Waals surface area contributed by atoms with Gasteiger partial charge in [-0.25, -0.2) is 0 Å². The van der Waals surface area contributed by atoms with Gasteiger partial charge in [0, 0.05) is 23.1 Å². The Morgan fingerprint density at radius 1 is 1.32 bits per heavy atom. The minimum absolute atomic E-state index is 0.212. The smallest absolute Gasteiger partial charge is 0.293 e. The molecule has 122 valence electrons. The first-order valence-corrected chi connectivity index (χ1v) is 8.99. The molecule has 1 aliphatic rings. The molecule has 0 atom stereocenters. The lowest BCUT2D eigenvalue weighted by Crippen LogP contribution is -2.38. The summed E-state index contributed by atoms with van der Waals surface area (Å²) in [6.45, 7) is 5.30. The molecule has 0 unspecified atom stereocenters. The van der Waals surface area contributed by atoms with E-state index in [4.69, 9.17) is 0 Å². The van der Waals surface area contributed by atoms with Gasteiger partial charge in [0.25, 0.3) is 5.69 Å². The van der Waals surface area contributed by atoms with Gasteiger partial charge in [-0.05, 0) is 37.3 Å². The zero-order chi connectivity index (χ0) is 16.1. The van der Waals surface area contributed by atoms with Crippen LogP contribution >= 0.6 is 15.9 Å². The summed E-state index contributed by atoms with van der Waals surface area (Å²) in [5.74, 6) is 0.598. The van der Waals surface area contributed by atoms with E-state index >= 15 is 0 Å². The molecule has 22 heavy (non-hydrogen) atoms. The predicted molar refractivity (Wildman–Crippen MR) is 94.5 cm³/mol. The van der Waals surface area contributed by atoms with Crippen molar-refractivity contribution in [2.24, 2.45) is 5.92 Å². The highest BCUT2D eigenvalue weighted by Gasteiger charge is 2.27. The van der Waals surface area contributed by atoms with Crippen LogP contribution < -0.4 is 4.90 Å². The molecule has 5 heteroatoms. The molecule has 0 spiro atoms. The Labute approximate surface area is 141 Å². The summed E-state index contributed by atoms with van der Waals surface area (Å²) in [6, 6.07) is 5.87. The zero-order valence-electron chi connectivity index (χ0n) is 13.4. The van der Waals surface area contributed by atoms with E-state index < -0.39 is 0 Å². The molecule has 0 aromatic heterocycles. The molecule has 0 heterocycles. The minimum atomic E-state index is -0.259. The average molecular weight is 369 g/mol. The van der Waals surface area contributed by atoms with Crippen LogP contribution in [-0.2, 0) is 0 Å². The molecular formula is C17H25BrN2O2. The number of anilines is 1. The van der Waals surface area contributed by atoms with Crippen molar-refractivity contribution in [3.05, 3.63) is 32.8 Å². The molecule has 4 nitrogen and oxygen atoms in total. The van der Waals surface area contributed by atoms with Crippen LogP contribution in [0.1, 0.15) is 52.4 Å². The van der Waals surface area contributed by atoms with Crippen molar-refractivity contribution < 1.29 is 4.92 Å². The lowest BCUT2D eigenvalue weighted by atomic mass is 9.93. The number of nitro groups is 1. The number of nitrogens with zero attached hydrogens (tertiary/aromatic N) is 2. The van der Waals surface area contributed by atoms with Crippen LogP contribution in [-0.4, -0.2) is 17.5 Å². The molecule has 2 rings (SSSR count). The van der Waals surface area contributed by atoms with Crippen molar-refractivity contribution in [1.82, 2.24) is 0 Å². The Bertz CT molecular complexity index is 513. The van der Waals surface area contributed by atoms with E-state index in [1.54, 1.807) is 6.07 Å². The Kier molecular flexibility index (Phi) is 6.24. The number of hydrogen-bond acceptors (Lipinski definition) is 3. The maximum atomic E-state index is 11.5. The second-order valence-electron chi connectivity index (χ2n) is 6.56. The maximum absolute atomic E-state index is 11.5. The average Bonchev–Trinajstić information content (AvgIpc) is 2.49. The van der Waals surface area contributed by atoms with Crippen molar-refractivity contribution in [3.63, 3.8) is 0 Å². The number of rotatable bonds is 6. The van der Waals surface area contributed by atoms with E-state index in [-0.39, 0.29) is 10.6 Å². The molecule has 1 aromatic rings. The van der Waals surface area contributed by atoms with Crippen LogP contribution in [0.15, 0.2) is 22.7 Å². The van der Waals surface area contributed by atoms with Crippen molar-refractivity contribution >= 4 is 27.3 Å². The van der Waals surface area contributed by atoms with Crippen molar-refractivity contribution in [2.45, 2.75) is 58.4 Å². The molecule has 1 aromatic carbocycles. The zero-order valence-corrected chi connectivity index (χ0v) is 15.0. The number of halogens is 1. The maximum Gasteiger partial charge on any atom is 0.293 e. The van der Waals surface area contributed by atoms with Crippen molar-refractivity contribution in [3.8, 4) is 0 Å². The van der Waals surface area contributed by atoms with Gasteiger partial charge < -0.3 is 4.90 Å². The SMILES string of the molecule is CC(C)CCN(c1ccc(Br)cc1[N+](=O)[O-])C1CCCCC1. The molecule has 1 aliphatic carbocycles. The van der Waals surface area contributed by atoms with Crippen LogP contribution in [0, 0.1) is 16.0 Å². The second kappa shape index (κ2) is 7.95. The predicted octanol–water partition coefficient (Wildman–Crippen LogP) is 5.54. The van der Waals surface area contributed by atoms with Gasteiger partial charge in [0.15, 0.2) is 0 Å². The third-order valence-electron chi connectivity index (χ3n) is 4.41. The van der Waals surface area contributed by atoms with Crippen molar-refractivity contribution in [2.75, 3.05) is 11.4 Å². The van der Waals surface area contributed by atoms with Crippen LogP contribution in [0.5, 0.6) is 0 Å². The normalized spacial score (nSPS) is 16.0. The first-order chi connectivity index (χ1) is 10.5. The Morgan fingerprint density at radius 3 is 2.59 bits per heavy atom. The van der Waals surface area contributed by atoms with Crippen molar-refractivity contribution in [1.29, 1.82) is 0 Å². The van der Waals surface area contributed by atoms with Gasteiger partial charge in [-0.15, -0.1) is 0 Å². The fraction of sp³-hybridized carbons (Fsp3) is 0.647. The number of hydrogen-bond donors (Lipinski definition) is 0. The summed E-state index contributed by atoms with van der Waals surface area (Å²) in [5, 5.41) is 11.5. The molecule has 0 aliphatic heterocycles. The van der Waals surface area contributed by atoms with Crippen LogP contribution in [0.4, 0.5) is 11.4 Å². The van der Waals surface area contributed by atoms with Crippen LogP contribution in [0.2, 0.25) is 0 Å². The fourth-order valence-electron chi connectivity index (χ4n) is 3.18. The van der Waals surface area contributed by atoms with E-state index in [2.05, 4.69) is 34.7 Å². The molecule has 0 N–H and O–H groups in total. The summed E-state index contributed by atoms with van der Waals surface area (Å²) >= 11 is 3.35. The first kappa shape index (κ1) is 17.3. The summed E-state index contributed by atoms with van der Waals surface area (Å²) in [6.07, 6.45) is 7.09. The van der Waals surface area contributed by atoms with Crippen LogP contribution in [0.25, 0.3) is 0 Å². The number of nitro benzene ring substituents is 1. The molecule has 0 amide bonds. The minimum Gasteiger partial charge on any atom is -0.363 e.